The van der Waals surface area contributed by atoms with Crippen molar-refractivity contribution in [1.29, 1.82) is 0 Å². The molecule has 0 heterocycles. The molecule has 0 amide bonds. The van der Waals surface area contributed by atoms with Gasteiger partial charge in [-0.2, -0.15) is 0 Å². The maximum atomic E-state index is 13.0. The standard InChI is InChI=1S/C77H130O6/c1-4-7-10-13-16-19-22-25-27-29-31-33-35-36-37-38-39-40-42-43-45-47-49-52-55-58-61-64-67-70-76(79)82-73-74(72-81-75(78)69-66-63-60-57-54-51-24-21-18-15-12-9-6-3)83-77(80)71-68-65-62-59-56-53-50-48-46-44-41-34-32-30-28-26-23-20-17-14-11-8-5-2/h7,9-10,12,16,18-19,21,25,27,30-33,36-37,39-40,51,54,74H,4-6,8,11,13-15,17,20,22-24,26,28-29,34-35,38,41-50,52-53,55-73H2,1-3H3/b10-7-,12-9-,19-16-,21-18-,27-25-,32-30-,33-31-,37-36-,40-39-,54-51-. The molecule has 0 rings (SSSR count). The second kappa shape index (κ2) is 70.3. The van der Waals surface area contributed by atoms with Gasteiger partial charge in [-0.25, -0.2) is 0 Å². The molecule has 0 aliphatic carbocycles. The Morgan fingerprint density at radius 2 is 0.470 bits per heavy atom. The maximum Gasteiger partial charge on any atom is 0.306 e. The summed E-state index contributed by atoms with van der Waals surface area (Å²) in [5, 5.41) is 0. The van der Waals surface area contributed by atoms with Crippen LogP contribution in [0.15, 0.2) is 122 Å². The van der Waals surface area contributed by atoms with Gasteiger partial charge in [-0.3, -0.25) is 14.4 Å². The van der Waals surface area contributed by atoms with E-state index in [-0.39, 0.29) is 31.1 Å². The second-order valence-corrected chi connectivity index (χ2v) is 23.0. The molecule has 0 bridgehead atoms. The Labute approximate surface area is 513 Å². The molecule has 0 aromatic heterocycles. The Balaban J connectivity index is 4.31. The fourth-order valence-corrected chi connectivity index (χ4v) is 9.75. The van der Waals surface area contributed by atoms with Crippen molar-refractivity contribution < 1.29 is 28.6 Å². The molecule has 0 saturated heterocycles. The SMILES string of the molecule is CC/C=C\C/C=C\C/C=C\C/C=C\C/C=C\C/C=C\CCCCCCCCCCCCC(=O)OCC(COC(=O)CCCCC/C=C\C/C=C\C/C=C\CC)OC(=O)CCCCCCCCCCCCC/C=C\CCCCCCCCCC. The summed E-state index contributed by atoms with van der Waals surface area (Å²) in [6.45, 7) is 6.41. The van der Waals surface area contributed by atoms with Crippen LogP contribution in [0.1, 0.15) is 329 Å². The molecule has 474 valence electrons. The zero-order chi connectivity index (χ0) is 59.9. The van der Waals surface area contributed by atoms with Crippen molar-refractivity contribution in [2.45, 2.75) is 335 Å². The quantitative estimate of drug-likeness (QED) is 0.0261. The number of carbonyl (C=O) groups is 3. The van der Waals surface area contributed by atoms with Crippen LogP contribution < -0.4 is 0 Å². The number of unbranched alkanes of at least 4 members (excludes halogenated alkanes) is 32. The number of hydrogen-bond donors (Lipinski definition) is 0. The van der Waals surface area contributed by atoms with Gasteiger partial charge >= 0.3 is 17.9 Å². The van der Waals surface area contributed by atoms with Crippen LogP contribution in [-0.4, -0.2) is 37.2 Å². The van der Waals surface area contributed by atoms with Crippen molar-refractivity contribution in [3.63, 3.8) is 0 Å². The molecule has 0 fully saturated rings. The van der Waals surface area contributed by atoms with Crippen LogP contribution in [0.2, 0.25) is 0 Å². The first-order valence-corrected chi connectivity index (χ1v) is 35.0. The molecule has 1 atom stereocenters. The Morgan fingerprint density at radius 3 is 0.759 bits per heavy atom. The molecule has 0 spiro atoms. The average molecular weight is 1150 g/mol. The van der Waals surface area contributed by atoms with E-state index in [4.69, 9.17) is 14.2 Å². The molecule has 6 nitrogen and oxygen atoms in total. The van der Waals surface area contributed by atoms with Crippen LogP contribution in [0.25, 0.3) is 0 Å². The molecule has 1 unspecified atom stereocenters. The highest BCUT2D eigenvalue weighted by atomic mass is 16.6. The molecule has 6 heteroatoms. The first-order chi connectivity index (χ1) is 41.0. The smallest absolute Gasteiger partial charge is 0.306 e. The second-order valence-electron chi connectivity index (χ2n) is 23.0. The molecule has 0 N–H and O–H groups in total. The molecule has 0 radical (unpaired) electrons. The summed E-state index contributed by atoms with van der Waals surface area (Å²) < 4.78 is 16.9. The summed E-state index contributed by atoms with van der Waals surface area (Å²) in [4.78, 5) is 38.4. The summed E-state index contributed by atoms with van der Waals surface area (Å²) in [5.74, 6) is -0.916. The minimum absolute atomic E-state index is 0.0906. The predicted molar refractivity (Wildman–Crippen MR) is 362 cm³/mol. The van der Waals surface area contributed by atoms with Crippen molar-refractivity contribution in [2.75, 3.05) is 13.2 Å². The third-order valence-electron chi connectivity index (χ3n) is 14.9. The van der Waals surface area contributed by atoms with Gasteiger partial charge in [0.05, 0.1) is 0 Å². The Bertz CT molecular complexity index is 1700. The lowest BCUT2D eigenvalue weighted by molar-refractivity contribution is -0.167. The highest BCUT2D eigenvalue weighted by molar-refractivity contribution is 5.71. The fourth-order valence-electron chi connectivity index (χ4n) is 9.75. The summed E-state index contributed by atoms with van der Waals surface area (Å²) in [6.07, 6.45) is 98.0. The van der Waals surface area contributed by atoms with E-state index in [1.165, 1.54) is 167 Å². The Hall–Kier alpha value is -4.19. The maximum absolute atomic E-state index is 13.0. The Kier molecular flexibility index (Phi) is 66.7. The van der Waals surface area contributed by atoms with Crippen LogP contribution in [0.3, 0.4) is 0 Å². The lowest BCUT2D eigenvalue weighted by Gasteiger charge is -2.18. The minimum atomic E-state index is -0.796. The van der Waals surface area contributed by atoms with Crippen LogP contribution in [0, 0.1) is 0 Å². The summed E-state index contributed by atoms with van der Waals surface area (Å²) in [7, 11) is 0. The van der Waals surface area contributed by atoms with Crippen LogP contribution in [0.5, 0.6) is 0 Å². The van der Waals surface area contributed by atoms with E-state index in [2.05, 4.69) is 142 Å². The van der Waals surface area contributed by atoms with Gasteiger partial charge in [0.1, 0.15) is 13.2 Å². The third-order valence-corrected chi connectivity index (χ3v) is 14.9. The average Bonchev–Trinajstić information content (AvgIpc) is 3.49. The molecule has 0 aliphatic rings. The summed E-state index contributed by atoms with van der Waals surface area (Å²) in [6, 6.07) is 0. The van der Waals surface area contributed by atoms with E-state index >= 15 is 0 Å². The van der Waals surface area contributed by atoms with Crippen molar-refractivity contribution in [3.05, 3.63) is 122 Å². The highest BCUT2D eigenvalue weighted by Gasteiger charge is 2.19. The number of allylic oxidation sites excluding steroid dienone is 20. The zero-order valence-corrected chi connectivity index (χ0v) is 54.4. The first-order valence-electron chi connectivity index (χ1n) is 35.0. The summed E-state index contributed by atoms with van der Waals surface area (Å²) >= 11 is 0. The lowest BCUT2D eigenvalue weighted by Crippen LogP contribution is -2.30. The molecule has 0 aromatic carbocycles. The van der Waals surface area contributed by atoms with E-state index in [0.717, 1.165) is 122 Å². The van der Waals surface area contributed by atoms with Gasteiger partial charge in [-0.15, -0.1) is 0 Å². The summed E-state index contributed by atoms with van der Waals surface area (Å²) in [5.41, 5.74) is 0. The van der Waals surface area contributed by atoms with Gasteiger partial charge in [0.15, 0.2) is 6.10 Å². The lowest BCUT2D eigenvalue weighted by atomic mass is 10.0. The van der Waals surface area contributed by atoms with Crippen molar-refractivity contribution in [2.24, 2.45) is 0 Å². The molecular formula is C77H130O6. The van der Waals surface area contributed by atoms with Crippen molar-refractivity contribution >= 4 is 17.9 Å². The molecular weight excluding hydrogens is 1020 g/mol. The molecule has 0 aliphatic heterocycles. The van der Waals surface area contributed by atoms with Gasteiger partial charge in [0, 0.05) is 19.3 Å². The van der Waals surface area contributed by atoms with Gasteiger partial charge in [-0.05, 0) is 128 Å². The van der Waals surface area contributed by atoms with Crippen molar-refractivity contribution in [3.8, 4) is 0 Å². The third kappa shape index (κ3) is 68.5. The van der Waals surface area contributed by atoms with Gasteiger partial charge in [0.2, 0.25) is 0 Å². The van der Waals surface area contributed by atoms with Crippen LogP contribution in [0.4, 0.5) is 0 Å². The Morgan fingerprint density at radius 1 is 0.253 bits per heavy atom. The molecule has 0 saturated carbocycles. The molecule has 0 aromatic rings. The topological polar surface area (TPSA) is 78.9 Å². The molecule has 83 heavy (non-hydrogen) atoms. The fraction of sp³-hybridized carbons (Fsp3) is 0.701. The zero-order valence-electron chi connectivity index (χ0n) is 54.4. The van der Waals surface area contributed by atoms with Gasteiger partial charge < -0.3 is 14.2 Å². The number of hydrogen-bond acceptors (Lipinski definition) is 6. The highest BCUT2D eigenvalue weighted by Crippen LogP contribution is 2.17. The number of esters is 3. The number of carbonyl (C=O) groups excluding carboxylic acids is 3. The normalized spacial score (nSPS) is 12.9. The van der Waals surface area contributed by atoms with Crippen LogP contribution in [-0.2, 0) is 28.6 Å². The van der Waals surface area contributed by atoms with Crippen LogP contribution >= 0.6 is 0 Å². The van der Waals surface area contributed by atoms with E-state index in [0.29, 0.717) is 19.3 Å². The van der Waals surface area contributed by atoms with E-state index < -0.39 is 6.10 Å². The number of rotatable bonds is 63. The minimum Gasteiger partial charge on any atom is -0.462 e. The van der Waals surface area contributed by atoms with Gasteiger partial charge in [-0.1, -0.05) is 303 Å². The predicted octanol–water partition coefficient (Wildman–Crippen LogP) is 24.3. The van der Waals surface area contributed by atoms with E-state index in [9.17, 15) is 14.4 Å². The van der Waals surface area contributed by atoms with E-state index in [1.807, 2.05) is 0 Å². The van der Waals surface area contributed by atoms with Crippen molar-refractivity contribution in [1.82, 2.24) is 0 Å². The first kappa shape index (κ1) is 78.8. The monoisotopic (exact) mass is 1150 g/mol. The van der Waals surface area contributed by atoms with Gasteiger partial charge in [0.25, 0.3) is 0 Å². The number of ether oxygens (including phenoxy) is 3. The van der Waals surface area contributed by atoms with E-state index in [1.54, 1.807) is 0 Å². The largest absolute Gasteiger partial charge is 0.462 e.